The summed E-state index contributed by atoms with van der Waals surface area (Å²) < 4.78 is 2.44. The summed E-state index contributed by atoms with van der Waals surface area (Å²) in [6.45, 7) is 0.662. The second-order valence-corrected chi connectivity index (χ2v) is 6.99. The van der Waals surface area contributed by atoms with E-state index in [-0.39, 0.29) is 18.0 Å². The van der Waals surface area contributed by atoms with Crippen LogP contribution in [0.1, 0.15) is 36.1 Å². The van der Waals surface area contributed by atoms with Gasteiger partial charge in [-0.2, -0.15) is 5.26 Å². The van der Waals surface area contributed by atoms with Gasteiger partial charge in [-0.3, -0.25) is 14.2 Å². The number of anilines is 1. The Labute approximate surface area is 156 Å². The average Bonchev–Trinajstić information content (AvgIpc) is 2.96. The Kier molecular flexibility index (Phi) is 4.40. The number of hydrogen-bond acceptors (Lipinski definition) is 4. The van der Waals surface area contributed by atoms with Crippen LogP contribution in [-0.2, 0) is 30.7 Å². The van der Waals surface area contributed by atoms with E-state index < -0.39 is 11.2 Å². The first kappa shape index (κ1) is 17.3. The summed E-state index contributed by atoms with van der Waals surface area (Å²) in [5.41, 5.74) is 1.26. The molecule has 1 aromatic carbocycles. The Morgan fingerprint density at radius 2 is 1.89 bits per heavy atom. The Morgan fingerprint density at radius 1 is 1.07 bits per heavy atom. The minimum Gasteiger partial charge on any atom is -0.310 e. The van der Waals surface area contributed by atoms with Gasteiger partial charge in [-0.15, -0.1) is 0 Å². The zero-order chi connectivity index (χ0) is 19.0. The first-order chi connectivity index (χ1) is 13.1. The SMILES string of the molecule is N#Cc1c2n(c(=O)n(CC(=O)N3CCc4ccccc43)c1=O)CCCCC2. The van der Waals surface area contributed by atoms with Gasteiger partial charge in [0.2, 0.25) is 5.91 Å². The van der Waals surface area contributed by atoms with Gasteiger partial charge in [-0.05, 0) is 37.3 Å². The number of carbonyl (C=O) groups is 1. The fourth-order valence-corrected chi connectivity index (χ4v) is 4.04. The molecule has 0 N–H and O–H groups in total. The molecule has 1 aromatic heterocycles. The van der Waals surface area contributed by atoms with Crippen molar-refractivity contribution >= 4 is 11.6 Å². The van der Waals surface area contributed by atoms with Crippen molar-refractivity contribution in [3.05, 3.63) is 61.9 Å². The smallest absolute Gasteiger partial charge is 0.310 e. The van der Waals surface area contributed by atoms with E-state index in [1.54, 1.807) is 4.90 Å². The molecule has 0 spiro atoms. The highest BCUT2D eigenvalue weighted by atomic mass is 16.2. The summed E-state index contributed by atoms with van der Waals surface area (Å²) in [7, 11) is 0. The van der Waals surface area contributed by atoms with Crippen molar-refractivity contribution in [2.75, 3.05) is 11.4 Å². The summed E-state index contributed by atoms with van der Waals surface area (Å²) >= 11 is 0. The van der Waals surface area contributed by atoms with Crippen molar-refractivity contribution in [1.82, 2.24) is 9.13 Å². The van der Waals surface area contributed by atoms with Gasteiger partial charge in [0.15, 0.2) is 0 Å². The van der Waals surface area contributed by atoms with Crippen LogP contribution in [0.5, 0.6) is 0 Å². The number of amides is 1. The Balaban J connectivity index is 1.74. The van der Waals surface area contributed by atoms with E-state index in [9.17, 15) is 19.6 Å². The molecule has 0 saturated carbocycles. The van der Waals surface area contributed by atoms with Crippen molar-refractivity contribution in [3.8, 4) is 6.07 Å². The highest BCUT2D eigenvalue weighted by molar-refractivity contribution is 5.95. The third-order valence-corrected chi connectivity index (χ3v) is 5.42. The highest BCUT2D eigenvalue weighted by Crippen LogP contribution is 2.27. The van der Waals surface area contributed by atoms with E-state index >= 15 is 0 Å². The van der Waals surface area contributed by atoms with E-state index in [0.717, 1.165) is 41.5 Å². The van der Waals surface area contributed by atoms with Crippen LogP contribution in [-0.4, -0.2) is 21.6 Å². The average molecular weight is 364 g/mol. The number of benzene rings is 1. The minimum atomic E-state index is -0.656. The lowest BCUT2D eigenvalue weighted by molar-refractivity contribution is -0.119. The van der Waals surface area contributed by atoms with E-state index in [0.29, 0.717) is 25.2 Å². The third kappa shape index (κ3) is 2.87. The lowest BCUT2D eigenvalue weighted by atomic mass is 10.1. The van der Waals surface area contributed by atoms with Crippen LogP contribution in [0.25, 0.3) is 0 Å². The molecule has 0 fully saturated rings. The fourth-order valence-electron chi connectivity index (χ4n) is 4.04. The summed E-state index contributed by atoms with van der Waals surface area (Å²) in [5, 5.41) is 9.48. The Bertz CT molecular complexity index is 1070. The lowest BCUT2D eigenvalue weighted by Crippen LogP contribution is -2.46. The van der Waals surface area contributed by atoms with Gasteiger partial charge >= 0.3 is 5.69 Å². The minimum absolute atomic E-state index is 0.00822. The summed E-state index contributed by atoms with van der Waals surface area (Å²) in [4.78, 5) is 40.1. The number of para-hydroxylation sites is 1. The molecule has 3 heterocycles. The van der Waals surface area contributed by atoms with Crippen molar-refractivity contribution < 1.29 is 4.79 Å². The molecular weight excluding hydrogens is 344 g/mol. The molecule has 2 aliphatic heterocycles. The quantitative estimate of drug-likeness (QED) is 0.801. The number of nitriles is 1. The first-order valence-electron chi connectivity index (χ1n) is 9.26. The molecule has 0 aliphatic carbocycles. The van der Waals surface area contributed by atoms with Gasteiger partial charge in [0, 0.05) is 24.5 Å². The Hall–Kier alpha value is -3.14. The molecule has 7 heteroatoms. The maximum atomic E-state index is 12.9. The maximum Gasteiger partial charge on any atom is 0.331 e. The zero-order valence-electron chi connectivity index (χ0n) is 15.0. The number of aromatic nitrogens is 2. The molecular formula is C20H20N4O3. The maximum absolute atomic E-state index is 12.9. The summed E-state index contributed by atoms with van der Waals surface area (Å²) in [6.07, 6.45) is 3.92. The molecule has 7 nitrogen and oxygen atoms in total. The van der Waals surface area contributed by atoms with Gasteiger partial charge in [-0.1, -0.05) is 24.6 Å². The molecule has 2 aliphatic rings. The summed E-state index contributed by atoms with van der Waals surface area (Å²) in [6, 6.07) is 9.59. The topological polar surface area (TPSA) is 88.1 Å². The largest absolute Gasteiger partial charge is 0.331 e. The summed E-state index contributed by atoms with van der Waals surface area (Å²) in [5.74, 6) is -0.308. The highest BCUT2D eigenvalue weighted by Gasteiger charge is 2.27. The molecule has 0 bridgehead atoms. The molecule has 4 rings (SSSR count). The van der Waals surface area contributed by atoms with E-state index in [4.69, 9.17) is 0 Å². The molecule has 1 amide bonds. The number of carbonyl (C=O) groups excluding carboxylic acids is 1. The molecule has 0 saturated heterocycles. The van der Waals surface area contributed by atoms with Crippen LogP contribution in [0.2, 0.25) is 0 Å². The Morgan fingerprint density at radius 3 is 2.70 bits per heavy atom. The predicted octanol–water partition coefficient (Wildman–Crippen LogP) is 1.20. The lowest BCUT2D eigenvalue weighted by Gasteiger charge is -2.19. The van der Waals surface area contributed by atoms with Crippen LogP contribution in [0.15, 0.2) is 33.9 Å². The van der Waals surface area contributed by atoms with Crippen molar-refractivity contribution in [1.29, 1.82) is 5.26 Å². The van der Waals surface area contributed by atoms with Crippen LogP contribution in [0.3, 0.4) is 0 Å². The first-order valence-corrected chi connectivity index (χ1v) is 9.26. The van der Waals surface area contributed by atoms with E-state index in [2.05, 4.69) is 0 Å². The van der Waals surface area contributed by atoms with Crippen molar-refractivity contribution in [2.45, 2.75) is 45.2 Å². The van der Waals surface area contributed by atoms with Gasteiger partial charge in [0.25, 0.3) is 5.56 Å². The number of nitrogens with zero attached hydrogens (tertiary/aromatic N) is 4. The van der Waals surface area contributed by atoms with Crippen LogP contribution < -0.4 is 16.1 Å². The van der Waals surface area contributed by atoms with Crippen LogP contribution in [0.4, 0.5) is 5.69 Å². The molecule has 0 unspecified atom stereocenters. The molecule has 27 heavy (non-hydrogen) atoms. The molecule has 0 radical (unpaired) electrons. The van der Waals surface area contributed by atoms with Crippen molar-refractivity contribution in [3.63, 3.8) is 0 Å². The second kappa shape index (κ2) is 6.88. The zero-order valence-corrected chi connectivity index (χ0v) is 15.0. The van der Waals surface area contributed by atoms with Gasteiger partial charge < -0.3 is 4.90 Å². The van der Waals surface area contributed by atoms with Gasteiger partial charge in [-0.25, -0.2) is 9.36 Å². The normalized spacial score (nSPS) is 15.6. The monoisotopic (exact) mass is 364 g/mol. The fraction of sp³-hybridized carbons (Fsp3) is 0.400. The van der Waals surface area contributed by atoms with Crippen LogP contribution in [0, 0.1) is 11.3 Å². The van der Waals surface area contributed by atoms with E-state index in [1.807, 2.05) is 30.3 Å². The predicted molar refractivity (Wildman–Crippen MR) is 99.7 cm³/mol. The number of hydrogen-bond donors (Lipinski definition) is 0. The molecule has 2 aromatic rings. The second-order valence-electron chi connectivity index (χ2n) is 6.99. The van der Waals surface area contributed by atoms with Gasteiger partial charge in [0.05, 0.1) is 0 Å². The van der Waals surface area contributed by atoms with Crippen LogP contribution >= 0.6 is 0 Å². The molecule has 138 valence electrons. The standard InChI is InChI=1S/C20H20N4O3/c21-12-15-17-8-2-1-5-10-23(17)20(27)24(19(15)26)13-18(25)22-11-9-14-6-3-4-7-16(14)22/h3-4,6-7H,1-2,5,8-11,13H2. The third-order valence-electron chi connectivity index (χ3n) is 5.42. The van der Waals surface area contributed by atoms with Gasteiger partial charge in [0.1, 0.15) is 18.2 Å². The van der Waals surface area contributed by atoms with Crippen molar-refractivity contribution in [2.24, 2.45) is 0 Å². The number of rotatable bonds is 2. The van der Waals surface area contributed by atoms with E-state index in [1.165, 1.54) is 4.57 Å². The molecule has 0 atom stereocenters. The number of fused-ring (bicyclic) bond motifs is 2.